The molecule has 2 aliphatic rings. The van der Waals surface area contributed by atoms with Gasteiger partial charge < -0.3 is 33.6 Å². The van der Waals surface area contributed by atoms with Crippen LogP contribution in [0.2, 0.25) is 0 Å². The quantitative estimate of drug-likeness (QED) is 0.390. The van der Waals surface area contributed by atoms with Gasteiger partial charge in [-0.3, -0.25) is 14.4 Å². The highest BCUT2D eigenvalue weighted by Crippen LogP contribution is 2.35. The number of ether oxygens (including phenoxy) is 5. The van der Waals surface area contributed by atoms with Gasteiger partial charge >= 0.3 is 0 Å². The fourth-order valence-corrected chi connectivity index (χ4v) is 4.45. The van der Waals surface area contributed by atoms with Crippen molar-refractivity contribution in [3.63, 3.8) is 0 Å². The molecule has 0 saturated heterocycles. The third kappa shape index (κ3) is 4.26. The Kier molecular flexibility index (Phi) is 5.83. The molecule has 3 aromatic carbocycles. The molecular weight excluding hydrogens is 492 g/mol. The second-order valence-corrected chi connectivity index (χ2v) is 8.69. The van der Waals surface area contributed by atoms with E-state index in [1.807, 2.05) is 0 Å². The number of hydrogen-bond acceptors (Lipinski definition) is 8. The summed E-state index contributed by atoms with van der Waals surface area (Å²) in [5.41, 5.74) is 0.733. The number of fused-ring (bicyclic) bond motifs is 3. The van der Waals surface area contributed by atoms with E-state index in [0.717, 1.165) is 0 Å². The number of hydrogen-bond donors (Lipinski definition) is 1. The summed E-state index contributed by atoms with van der Waals surface area (Å²) < 4.78 is 28.8. The highest BCUT2D eigenvalue weighted by Gasteiger charge is 2.22. The lowest BCUT2D eigenvalue weighted by molar-refractivity contribution is -0.116. The number of aromatic nitrogens is 1. The van der Waals surface area contributed by atoms with E-state index in [2.05, 4.69) is 5.32 Å². The highest BCUT2D eigenvalue weighted by molar-refractivity contribution is 6.10. The SMILES string of the molecule is COc1ccc(C(=O)c2cn(CC(=O)Nc3ccc4c(c3)OCO4)c3cc4c(cc3c2=O)OCCO4)cc1. The van der Waals surface area contributed by atoms with Gasteiger partial charge in [0, 0.05) is 29.6 Å². The molecule has 0 saturated carbocycles. The maximum atomic E-state index is 13.5. The molecule has 10 heteroatoms. The first kappa shape index (κ1) is 23.4. The number of rotatable bonds is 6. The zero-order valence-corrected chi connectivity index (χ0v) is 20.3. The van der Waals surface area contributed by atoms with Crippen molar-refractivity contribution in [2.75, 3.05) is 32.4 Å². The van der Waals surface area contributed by atoms with E-state index in [-0.39, 0.29) is 30.2 Å². The minimum Gasteiger partial charge on any atom is -0.497 e. The molecule has 192 valence electrons. The van der Waals surface area contributed by atoms with Crippen molar-refractivity contribution >= 4 is 28.3 Å². The Morgan fingerprint density at radius 3 is 2.37 bits per heavy atom. The van der Waals surface area contributed by atoms with Crippen LogP contribution in [-0.4, -0.2) is 43.4 Å². The molecule has 0 atom stereocenters. The zero-order chi connectivity index (χ0) is 26.2. The molecule has 0 spiro atoms. The minimum absolute atomic E-state index is 0.0739. The Bertz CT molecular complexity index is 1640. The van der Waals surface area contributed by atoms with Gasteiger partial charge in [-0.1, -0.05) is 0 Å². The number of nitrogens with zero attached hydrogens (tertiary/aromatic N) is 1. The van der Waals surface area contributed by atoms with E-state index < -0.39 is 11.2 Å². The number of ketones is 1. The van der Waals surface area contributed by atoms with E-state index in [4.69, 9.17) is 23.7 Å². The topological polar surface area (TPSA) is 114 Å². The van der Waals surface area contributed by atoms with Crippen LogP contribution in [-0.2, 0) is 11.3 Å². The van der Waals surface area contributed by atoms with Crippen LogP contribution >= 0.6 is 0 Å². The molecule has 0 unspecified atom stereocenters. The van der Waals surface area contributed by atoms with Gasteiger partial charge in [0.1, 0.15) is 25.5 Å². The van der Waals surface area contributed by atoms with Crippen LogP contribution in [0.25, 0.3) is 10.9 Å². The summed E-state index contributed by atoms with van der Waals surface area (Å²) in [4.78, 5) is 40.0. The Morgan fingerprint density at radius 1 is 0.895 bits per heavy atom. The van der Waals surface area contributed by atoms with Crippen molar-refractivity contribution in [1.82, 2.24) is 4.57 Å². The molecule has 4 aromatic rings. The normalized spacial score (nSPS) is 13.3. The maximum absolute atomic E-state index is 13.5. The largest absolute Gasteiger partial charge is 0.497 e. The number of pyridine rings is 1. The van der Waals surface area contributed by atoms with Crippen LogP contribution in [0, 0.1) is 0 Å². The van der Waals surface area contributed by atoms with Crippen molar-refractivity contribution in [3.8, 4) is 28.7 Å². The average molecular weight is 514 g/mol. The van der Waals surface area contributed by atoms with E-state index >= 15 is 0 Å². The van der Waals surface area contributed by atoms with Crippen LogP contribution in [0.4, 0.5) is 5.69 Å². The van der Waals surface area contributed by atoms with Crippen LogP contribution < -0.4 is 34.4 Å². The Labute approximate surface area is 216 Å². The number of amides is 1. The lowest BCUT2D eigenvalue weighted by Gasteiger charge is -2.20. The van der Waals surface area contributed by atoms with Crippen molar-refractivity contribution < 1.29 is 33.3 Å². The number of methoxy groups -OCH3 is 1. The lowest BCUT2D eigenvalue weighted by Crippen LogP contribution is -2.25. The maximum Gasteiger partial charge on any atom is 0.244 e. The van der Waals surface area contributed by atoms with Gasteiger partial charge in [0.15, 0.2) is 28.8 Å². The number of anilines is 1. The number of carbonyl (C=O) groups is 2. The molecule has 10 nitrogen and oxygen atoms in total. The van der Waals surface area contributed by atoms with Crippen molar-refractivity contribution in [1.29, 1.82) is 0 Å². The number of nitrogens with one attached hydrogen (secondary N) is 1. The van der Waals surface area contributed by atoms with Gasteiger partial charge in [0.05, 0.1) is 23.6 Å². The van der Waals surface area contributed by atoms with Crippen LogP contribution in [0.3, 0.4) is 0 Å². The van der Waals surface area contributed by atoms with Gasteiger partial charge in [0.25, 0.3) is 0 Å². The molecule has 0 radical (unpaired) electrons. The monoisotopic (exact) mass is 514 g/mol. The second kappa shape index (κ2) is 9.47. The molecule has 6 rings (SSSR count). The molecule has 0 bridgehead atoms. The van der Waals surface area contributed by atoms with Gasteiger partial charge in [0.2, 0.25) is 18.1 Å². The number of benzene rings is 3. The van der Waals surface area contributed by atoms with Gasteiger partial charge in [-0.15, -0.1) is 0 Å². The van der Waals surface area contributed by atoms with Crippen molar-refractivity contribution in [2.24, 2.45) is 0 Å². The van der Waals surface area contributed by atoms with Gasteiger partial charge in [-0.25, -0.2) is 0 Å². The first-order valence-electron chi connectivity index (χ1n) is 11.9. The standard InChI is InChI=1S/C28H22N2O8/c1-34-18-5-2-16(3-6-18)27(32)20-13-30(14-26(31)29-17-4-7-22-23(10-17)38-15-37-22)21-12-25-24(35-8-9-36-25)11-19(21)28(20)33/h2-7,10-13H,8-9,14-15H2,1H3,(H,29,31). The van der Waals surface area contributed by atoms with Gasteiger partial charge in [-0.05, 0) is 42.5 Å². The minimum atomic E-state index is -0.473. The summed E-state index contributed by atoms with van der Waals surface area (Å²) in [5, 5.41) is 3.07. The van der Waals surface area contributed by atoms with Crippen LogP contribution in [0.15, 0.2) is 65.6 Å². The summed E-state index contributed by atoms with van der Waals surface area (Å²) in [7, 11) is 1.53. The second-order valence-electron chi connectivity index (χ2n) is 8.69. The first-order chi connectivity index (χ1) is 18.5. The fraction of sp³-hybridized carbons (Fsp3) is 0.179. The third-order valence-electron chi connectivity index (χ3n) is 6.31. The van der Waals surface area contributed by atoms with E-state index in [1.165, 1.54) is 13.3 Å². The summed E-state index contributed by atoms with van der Waals surface area (Å²) in [6, 6.07) is 14.8. The van der Waals surface area contributed by atoms with E-state index in [0.29, 0.717) is 58.7 Å². The third-order valence-corrected chi connectivity index (χ3v) is 6.31. The molecule has 1 amide bonds. The molecule has 2 aliphatic heterocycles. The molecule has 38 heavy (non-hydrogen) atoms. The van der Waals surface area contributed by atoms with Crippen molar-refractivity contribution in [3.05, 3.63) is 82.1 Å². The molecular formula is C28H22N2O8. The summed E-state index contributed by atoms with van der Waals surface area (Å²) in [5.74, 6) is 1.75. The Hall–Kier alpha value is -4.99. The summed E-state index contributed by atoms with van der Waals surface area (Å²) >= 11 is 0. The molecule has 3 heterocycles. The predicted octanol–water partition coefficient (Wildman–Crippen LogP) is 3.38. The smallest absolute Gasteiger partial charge is 0.244 e. The van der Waals surface area contributed by atoms with Crippen molar-refractivity contribution in [2.45, 2.75) is 6.54 Å². The molecule has 1 aromatic heterocycles. The number of carbonyl (C=O) groups excluding carboxylic acids is 2. The Balaban J connectivity index is 1.40. The lowest BCUT2D eigenvalue weighted by atomic mass is 10.0. The van der Waals surface area contributed by atoms with Gasteiger partial charge in [-0.2, -0.15) is 0 Å². The molecule has 0 aliphatic carbocycles. The Morgan fingerprint density at radius 2 is 1.61 bits per heavy atom. The van der Waals surface area contributed by atoms with E-state index in [1.54, 1.807) is 59.2 Å². The van der Waals surface area contributed by atoms with E-state index in [9.17, 15) is 14.4 Å². The molecule has 0 fully saturated rings. The summed E-state index contributed by atoms with van der Waals surface area (Å²) in [6.07, 6.45) is 1.41. The average Bonchev–Trinajstić information content (AvgIpc) is 3.41. The fourth-order valence-electron chi connectivity index (χ4n) is 4.45. The molecule has 1 N–H and O–H groups in total. The first-order valence-corrected chi connectivity index (χ1v) is 11.9. The van der Waals surface area contributed by atoms with Crippen LogP contribution in [0.1, 0.15) is 15.9 Å². The summed E-state index contributed by atoms with van der Waals surface area (Å²) in [6.45, 7) is 0.654. The predicted molar refractivity (Wildman–Crippen MR) is 137 cm³/mol. The highest BCUT2D eigenvalue weighted by atomic mass is 16.7. The van der Waals surface area contributed by atoms with Crippen LogP contribution in [0.5, 0.6) is 28.7 Å². The zero-order valence-electron chi connectivity index (χ0n) is 20.3.